The molecule has 1 amide bonds. The maximum Gasteiger partial charge on any atom is 0.326 e. The standard InChI is InChI=1S/C23H32N2O5S/c1-3-30-22(29)18(10-9-17-7-5-4-6-8-17)24-16(2)20(26)25-14-23(11-12-31-15-23)13-19(25)21(27)28/h4-8,16,18-19,24H,3,9-15H2,1-2H3,(H,27,28)/t16-,18?,19?,23?/m0/s1. The first kappa shape index (κ1) is 23.6. The Morgan fingerprint density at radius 2 is 2.06 bits per heavy atom. The summed E-state index contributed by atoms with van der Waals surface area (Å²) in [5.41, 5.74) is 1.00. The zero-order valence-electron chi connectivity index (χ0n) is 18.2. The molecule has 2 heterocycles. The Morgan fingerprint density at radius 3 is 2.68 bits per heavy atom. The van der Waals surface area contributed by atoms with E-state index in [4.69, 9.17) is 4.74 Å². The van der Waals surface area contributed by atoms with Crippen molar-refractivity contribution in [2.24, 2.45) is 5.41 Å². The molecule has 0 aromatic heterocycles. The molecule has 0 radical (unpaired) electrons. The van der Waals surface area contributed by atoms with Crippen LogP contribution in [0.25, 0.3) is 0 Å². The first-order valence-corrected chi connectivity index (χ1v) is 12.1. The normalized spacial score (nSPS) is 24.8. The van der Waals surface area contributed by atoms with Crippen LogP contribution in [0.5, 0.6) is 0 Å². The Labute approximate surface area is 187 Å². The lowest BCUT2D eigenvalue weighted by Crippen LogP contribution is -2.53. The van der Waals surface area contributed by atoms with Crippen molar-refractivity contribution in [3.8, 4) is 0 Å². The summed E-state index contributed by atoms with van der Waals surface area (Å²) >= 11 is 1.82. The average molecular weight is 449 g/mol. The predicted molar refractivity (Wildman–Crippen MR) is 120 cm³/mol. The van der Waals surface area contributed by atoms with Gasteiger partial charge in [-0.3, -0.25) is 14.9 Å². The summed E-state index contributed by atoms with van der Waals surface area (Å²) in [5.74, 6) is 0.283. The van der Waals surface area contributed by atoms with E-state index in [9.17, 15) is 19.5 Å². The number of nitrogens with one attached hydrogen (secondary N) is 1. The molecule has 1 aromatic rings. The summed E-state index contributed by atoms with van der Waals surface area (Å²) in [7, 11) is 0. The lowest BCUT2D eigenvalue weighted by molar-refractivity contribution is -0.150. The number of rotatable bonds is 9. The SMILES string of the molecule is CCOC(=O)C(CCc1ccccc1)N[C@@H](C)C(=O)N1CC2(CCSC2)CC1C(=O)O. The van der Waals surface area contributed by atoms with Gasteiger partial charge in [0.05, 0.1) is 12.6 Å². The highest BCUT2D eigenvalue weighted by Crippen LogP contribution is 2.46. The molecule has 0 bridgehead atoms. The van der Waals surface area contributed by atoms with Crippen LogP contribution < -0.4 is 5.32 Å². The van der Waals surface area contributed by atoms with Crippen molar-refractivity contribution in [2.45, 2.75) is 57.7 Å². The summed E-state index contributed by atoms with van der Waals surface area (Å²) in [5, 5.41) is 12.8. The molecule has 2 aliphatic heterocycles. The third-order valence-corrected chi connectivity index (χ3v) is 7.53. The summed E-state index contributed by atoms with van der Waals surface area (Å²) in [6.45, 7) is 4.18. The fraction of sp³-hybridized carbons (Fsp3) is 0.609. The molecule has 0 aliphatic carbocycles. The van der Waals surface area contributed by atoms with Gasteiger partial charge in [-0.25, -0.2) is 4.79 Å². The molecule has 3 unspecified atom stereocenters. The van der Waals surface area contributed by atoms with Crippen LogP contribution in [0.1, 0.15) is 38.7 Å². The lowest BCUT2D eigenvalue weighted by atomic mass is 9.85. The molecule has 7 nitrogen and oxygen atoms in total. The Kier molecular flexibility index (Phi) is 8.00. The van der Waals surface area contributed by atoms with Crippen LogP contribution in [0.15, 0.2) is 30.3 Å². The molecular weight excluding hydrogens is 416 g/mol. The molecule has 2 saturated heterocycles. The molecule has 2 fully saturated rings. The minimum absolute atomic E-state index is 0.100. The molecule has 1 spiro atoms. The summed E-state index contributed by atoms with van der Waals surface area (Å²) in [6.07, 6.45) is 2.60. The molecule has 1 aromatic carbocycles. The number of esters is 1. The quantitative estimate of drug-likeness (QED) is 0.560. The Hall–Kier alpha value is -2.06. The van der Waals surface area contributed by atoms with E-state index >= 15 is 0 Å². The number of hydrogen-bond acceptors (Lipinski definition) is 6. The fourth-order valence-electron chi connectivity index (χ4n) is 4.53. The van der Waals surface area contributed by atoms with Crippen molar-refractivity contribution in [2.75, 3.05) is 24.7 Å². The summed E-state index contributed by atoms with van der Waals surface area (Å²) in [4.78, 5) is 39.1. The van der Waals surface area contributed by atoms with Gasteiger partial charge in [0.2, 0.25) is 5.91 Å². The fourth-order valence-corrected chi connectivity index (χ4v) is 6.04. The number of benzene rings is 1. The number of hydrogen-bond donors (Lipinski definition) is 2. The molecule has 3 rings (SSSR count). The van der Waals surface area contributed by atoms with Gasteiger partial charge in [0.1, 0.15) is 12.1 Å². The highest BCUT2D eigenvalue weighted by atomic mass is 32.2. The zero-order chi connectivity index (χ0) is 22.4. The van der Waals surface area contributed by atoms with Gasteiger partial charge in [-0.15, -0.1) is 0 Å². The van der Waals surface area contributed by atoms with Crippen LogP contribution in [0.2, 0.25) is 0 Å². The molecule has 8 heteroatoms. The van der Waals surface area contributed by atoms with Crippen LogP contribution in [0, 0.1) is 5.41 Å². The van der Waals surface area contributed by atoms with Crippen LogP contribution in [0.4, 0.5) is 0 Å². The maximum atomic E-state index is 13.2. The summed E-state index contributed by atoms with van der Waals surface area (Å²) < 4.78 is 5.21. The highest BCUT2D eigenvalue weighted by Gasteiger charge is 2.50. The van der Waals surface area contributed by atoms with E-state index in [1.54, 1.807) is 13.8 Å². The van der Waals surface area contributed by atoms with Crippen molar-refractivity contribution in [3.05, 3.63) is 35.9 Å². The number of carbonyl (C=O) groups excluding carboxylic acids is 2. The van der Waals surface area contributed by atoms with E-state index in [0.717, 1.165) is 23.5 Å². The maximum absolute atomic E-state index is 13.2. The Bertz CT molecular complexity index is 781. The van der Waals surface area contributed by atoms with Gasteiger partial charge in [-0.2, -0.15) is 11.8 Å². The number of aryl methyl sites for hydroxylation is 1. The second-order valence-corrected chi connectivity index (χ2v) is 9.65. The predicted octanol–water partition coefficient (Wildman–Crippen LogP) is 2.34. The number of amides is 1. The van der Waals surface area contributed by atoms with Crippen molar-refractivity contribution < 1.29 is 24.2 Å². The van der Waals surface area contributed by atoms with Gasteiger partial charge in [-0.05, 0) is 50.8 Å². The average Bonchev–Trinajstić information content (AvgIpc) is 3.38. The highest BCUT2D eigenvalue weighted by molar-refractivity contribution is 7.99. The number of carboxylic acid groups (broad SMARTS) is 1. The van der Waals surface area contributed by atoms with Crippen LogP contribution >= 0.6 is 11.8 Å². The Balaban J connectivity index is 1.67. The van der Waals surface area contributed by atoms with Crippen LogP contribution in [-0.4, -0.2) is 70.6 Å². The van der Waals surface area contributed by atoms with Crippen molar-refractivity contribution in [1.29, 1.82) is 0 Å². The van der Waals surface area contributed by atoms with Crippen LogP contribution in [0.3, 0.4) is 0 Å². The van der Waals surface area contributed by atoms with E-state index < -0.39 is 30.1 Å². The number of thioether (sulfide) groups is 1. The first-order chi connectivity index (χ1) is 14.8. The van der Waals surface area contributed by atoms with Gasteiger partial charge in [0, 0.05) is 17.7 Å². The van der Waals surface area contributed by atoms with E-state index in [1.165, 1.54) is 4.90 Å². The van der Waals surface area contributed by atoms with Gasteiger partial charge >= 0.3 is 11.9 Å². The minimum atomic E-state index is -0.958. The Morgan fingerprint density at radius 1 is 1.32 bits per heavy atom. The van der Waals surface area contributed by atoms with Gasteiger partial charge < -0.3 is 14.7 Å². The molecular formula is C23H32N2O5S. The zero-order valence-corrected chi connectivity index (χ0v) is 19.0. The molecule has 170 valence electrons. The number of aliphatic carboxylic acids is 1. The monoisotopic (exact) mass is 448 g/mol. The lowest BCUT2D eigenvalue weighted by Gasteiger charge is -2.28. The van der Waals surface area contributed by atoms with E-state index in [1.807, 2.05) is 42.1 Å². The minimum Gasteiger partial charge on any atom is -0.480 e. The van der Waals surface area contributed by atoms with E-state index in [2.05, 4.69) is 5.32 Å². The third-order valence-electron chi connectivity index (χ3n) is 6.22. The second kappa shape index (κ2) is 10.5. The number of ether oxygens (including phenoxy) is 1. The molecule has 31 heavy (non-hydrogen) atoms. The number of carbonyl (C=O) groups is 3. The molecule has 4 atom stereocenters. The number of nitrogens with zero attached hydrogens (tertiary/aromatic N) is 1. The summed E-state index contributed by atoms with van der Waals surface area (Å²) in [6, 6.07) is 7.71. The second-order valence-electron chi connectivity index (χ2n) is 8.54. The van der Waals surface area contributed by atoms with Crippen LogP contribution in [-0.2, 0) is 25.5 Å². The van der Waals surface area contributed by atoms with Crippen molar-refractivity contribution in [1.82, 2.24) is 10.2 Å². The third kappa shape index (κ3) is 5.80. The van der Waals surface area contributed by atoms with Crippen molar-refractivity contribution >= 4 is 29.6 Å². The van der Waals surface area contributed by atoms with E-state index in [0.29, 0.717) is 25.8 Å². The molecule has 0 saturated carbocycles. The van der Waals surface area contributed by atoms with Gasteiger partial charge in [0.15, 0.2) is 0 Å². The first-order valence-electron chi connectivity index (χ1n) is 10.9. The smallest absolute Gasteiger partial charge is 0.326 e. The molecule has 2 N–H and O–H groups in total. The molecule has 2 aliphatic rings. The largest absolute Gasteiger partial charge is 0.480 e. The topological polar surface area (TPSA) is 95.9 Å². The van der Waals surface area contributed by atoms with Gasteiger partial charge in [0.25, 0.3) is 0 Å². The van der Waals surface area contributed by atoms with Crippen molar-refractivity contribution in [3.63, 3.8) is 0 Å². The van der Waals surface area contributed by atoms with Gasteiger partial charge in [-0.1, -0.05) is 30.3 Å². The van der Waals surface area contributed by atoms with E-state index in [-0.39, 0.29) is 17.9 Å². The number of carboxylic acids is 1. The number of likely N-dealkylation sites (tertiary alicyclic amines) is 1.